The predicted octanol–water partition coefficient (Wildman–Crippen LogP) is 3.87. The van der Waals surface area contributed by atoms with E-state index in [0.717, 1.165) is 24.7 Å². The van der Waals surface area contributed by atoms with Gasteiger partial charge in [-0.2, -0.15) is 0 Å². The molecule has 146 valence electrons. The molecule has 5 fully saturated rings. The summed E-state index contributed by atoms with van der Waals surface area (Å²) in [6, 6.07) is 0. The Bertz CT molecular complexity index is 530. The molecule has 5 nitrogen and oxygen atoms in total. The van der Waals surface area contributed by atoms with Crippen LogP contribution in [0.1, 0.15) is 58.3 Å². The quantitative estimate of drug-likeness (QED) is 0.456. The topological polar surface area (TPSA) is 55.8 Å². The third-order valence-corrected chi connectivity index (χ3v) is 7.75. The van der Waals surface area contributed by atoms with Crippen molar-refractivity contribution in [2.45, 2.75) is 63.9 Å². The first-order valence-electron chi connectivity index (χ1n) is 10.2. The van der Waals surface area contributed by atoms with Gasteiger partial charge in [0.2, 0.25) is 0 Å². The number of thiol groups is 1. The number of likely N-dealkylation sites (tertiary alicyclic amines) is 1. The molecule has 6 heteroatoms. The number of ether oxygens (including phenoxy) is 2. The largest absolute Gasteiger partial charge is 0.455 e. The summed E-state index contributed by atoms with van der Waals surface area (Å²) in [7, 11) is 0. The van der Waals surface area contributed by atoms with Crippen LogP contribution in [0, 0.1) is 29.6 Å². The van der Waals surface area contributed by atoms with Crippen LogP contribution in [-0.4, -0.2) is 41.6 Å². The van der Waals surface area contributed by atoms with Crippen LogP contribution in [0.15, 0.2) is 0 Å². The van der Waals surface area contributed by atoms with E-state index in [4.69, 9.17) is 9.47 Å². The Hall–Kier alpha value is -0.910. The maximum absolute atomic E-state index is 12.8. The fraction of sp³-hybridized carbons (Fsp3) is 0.900. The average Bonchev–Trinajstić information content (AvgIpc) is 2.60. The highest BCUT2D eigenvalue weighted by Gasteiger charge is 2.57. The van der Waals surface area contributed by atoms with Gasteiger partial charge in [-0.25, -0.2) is 4.79 Å². The average molecular weight is 382 g/mol. The van der Waals surface area contributed by atoms with Gasteiger partial charge in [0.25, 0.3) is 0 Å². The number of rotatable bonds is 4. The maximum atomic E-state index is 12.8. The zero-order valence-electron chi connectivity index (χ0n) is 15.7. The van der Waals surface area contributed by atoms with Crippen LogP contribution in [0.5, 0.6) is 0 Å². The molecule has 0 atom stereocenters. The molecule has 26 heavy (non-hydrogen) atoms. The lowest BCUT2D eigenvalue weighted by molar-refractivity contribution is -0.168. The van der Waals surface area contributed by atoms with E-state index in [0.29, 0.717) is 37.3 Å². The lowest BCUT2D eigenvalue weighted by atomic mass is 9.50. The number of piperidine rings is 1. The fourth-order valence-corrected chi connectivity index (χ4v) is 6.37. The van der Waals surface area contributed by atoms with Crippen molar-refractivity contribution >= 4 is 24.7 Å². The molecule has 5 rings (SSSR count). The Morgan fingerprint density at radius 3 is 2.15 bits per heavy atom. The zero-order valence-corrected chi connectivity index (χ0v) is 16.6. The molecule has 4 saturated carbocycles. The van der Waals surface area contributed by atoms with Gasteiger partial charge in [-0.3, -0.25) is 4.79 Å². The van der Waals surface area contributed by atoms with E-state index in [9.17, 15) is 9.59 Å². The Balaban J connectivity index is 1.30. The molecule has 0 aromatic heterocycles. The minimum Gasteiger partial charge on any atom is -0.455 e. The first-order valence-corrected chi connectivity index (χ1v) is 10.9. The van der Waals surface area contributed by atoms with Crippen molar-refractivity contribution in [2.24, 2.45) is 29.6 Å². The van der Waals surface area contributed by atoms with E-state index in [-0.39, 0.29) is 23.6 Å². The van der Waals surface area contributed by atoms with E-state index >= 15 is 0 Å². The van der Waals surface area contributed by atoms with E-state index in [1.54, 1.807) is 0 Å². The number of carbonyl (C=O) groups is 2. The minimum absolute atomic E-state index is 0.132. The molecular weight excluding hydrogens is 350 g/mol. The number of esters is 1. The Kier molecular flexibility index (Phi) is 5.15. The van der Waals surface area contributed by atoms with Gasteiger partial charge in [0.05, 0.1) is 0 Å². The molecular formula is C20H31NO4S. The number of hydrogen-bond acceptors (Lipinski definition) is 5. The minimum atomic E-state index is -0.266. The second-order valence-electron chi connectivity index (χ2n) is 9.14. The molecule has 0 aromatic carbocycles. The first-order chi connectivity index (χ1) is 12.5. The number of hydrogen-bond donors (Lipinski definition) is 1. The van der Waals surface area contributed by atoms with Crippen LogP contribution in [-0.2, 0) is 14.3 Å². The molecule has 4 bridgehead atoms. The van der Waals surface area contributed by atoms with Crippen molar-refractivity contribution in [2.75, 3.05) is 19.0 Å². The van der Waals surface area contributed by atoms with Crippen molar-refractivity contribution in [3.05, 3.63) is 0 Å². The third-order valence-electron chi connectivity index (χ3n) is 7.62. The van der Waals surface area contributed by atoms with Crippen LogP contribution in [0.3, 0.4) is 0 Å². The number of nitrogens with zero attached hydrogens (tertiary/aromatic N) is 1. The van der Waals surface area contributed by atoms with Crippen LogP contribution in [0.25, 0.3) is 0 Å². The summed E-state index contributed by atoms with van der Waals surface area (Å²) in [6.07, 6.45) is 8.33. The summed E-state index contributed by atoms with van der Waals surface area (Å²) in [6.45, 7) is 3.54. The van der Waals surface area contributed by atoms with Crippen LogP contribution in [0.2, 0.25) is 0 Å². The highest BCUT2D eigenvalue weighted by Crippen LogP contribution is 2.59. The third kappa shape index (κ3) is 3.46. The highest BCUT2D eigenvalue weighted by molar-refractivity contribution is 7.80. The van der Waals surface area contributed by atoms with Crippen LogP contribution >= 0.6 is 12.6 Å². The molecule has 0 unspecified atom stereocenters. The van der Waals surface area contributed by atoms with Crippen LogP contribution in [0.4, 0.5) is 4.79 Å². The lowest BCUT2D eigenvalue weighted by Gasteiger charge is -2.59. The van der Waals surface area contributed by atoms with E-state index in [1.807, 2.05) is 4.90 Å². The molecule has 0 radical (unpaired) electrons. The Morgan fingerprint density at radius 2 is 1.62 bits per heavy atom. The molecule has 0 spiro atoms. The predicted molar refractivity (Wildman–Crippen MR) is 101 cm³/mol. The zero-order chi connectivity index (χ0) is 18.3. The number of carbonyl (C=O) groups excluding carboxylic acids is 2. The van der Waals surface area contributed by atoms with Gasteiger partial charge in [0.1, 0.15) is 11.5 Å². The molecule has 5 aliphatic rings. The van der Waals surface area contributed by atoms with Gasteiger partial charge < -0.3 is 14.4 Å². The molecule has 4 aliphatic carbocycles. The summed E-state index contributed by atoms with van der Waals surface area (Å²) in [5.74, 6) is 3.08. The molecule has 1 heterocycles. The highest BCUT2D eigenvalue weighted by atomic mass is 32.1. The Morgan fingerprint density at radius 1 is 1.04 bits per heavy atom. The van der Waals surface area contributed by atoms with Crippen LogP contribution < -0.4 is 0 Å². The first kappa shape index (κ1) is 18.5. The normalized spacial score (nSPS) is 39.1. The number of amides is 1. The summed E-state index contributed by atoms with van der Waals surface area (Å²) in [5, 5.41) is 0. The summed E-state index contributed by atoms with van der Waals surface area (Å²) < 4.78 is 11.1. The van der Waals surface area contributed by atoms with E-state index in [1.165, 1.54) is 32.1 Å². The van der Waals surface area contributed by atoms with Crippen molar-refractivity contribution in [1.82, 2.24) is 4.90 Å². The maximum Gasteiger partial charge on any atom is 0.410 e. The smallest absolute Gasteiger partial charge is 0.410 e. The monoisotopic (exact) mass is 381 g/mol. The van der Waals surface area contributed by atoms with Crippen molar-refractivity contribution in [3.8, 4) is 0 Å². The molecule has 1 amide bonds. The fourth-order valence-electron chi connectivity index (χ4n) is 6.23. The van der Waals surface area contributed by atoms with Gasteiger partial charge >= 0.3 is 12.1 Å². The van der Waals surface area contributed by atoms with Crippen molar-refractivity contribution in [1.29, 1.82) is 0 Å². The van der Waals surface area contributed by atoms with Gasteiger partial charge in [0.15, 0.2) is 0 Å². The molecule has 1 aliphatic heterocycles. The molecule has 0 N–H and O–H groups in total. The van der Waals surface area contributed by atoms with Gasteiger partial charge in [-0.05, 0) is 81.5 Å². The lowest BCUT2D eigenvalue weighted by Crippen LogP contribution is -2.59. The van der Waals surface area contributed by atoms with Gasteiger partial charge in [0, 0.05) is 19.5 Å². The van der Waals surface area contributed by atoms with Crippen molar-refractivity contribution < 1.29 is 19.1 Å². The van der Waals surface area contributed by atoms with Gasteiger partial charge in [-0.1, -0.05) is 0 Å². The summed E-state index contributed by atoms with van der Waals surface area (Å²) in [5.41, 5.74) is -0.266. The van der Waals surface area contributed by atoms with Crippen molar-refractivity contribution in [3.63, 3.8) is 0 Å². The SMILES string of the molecule is CC1(OC(=O)N2CCC(CC(=O)OCS)CC2)C2CC3CC(C2)CC1C3. The standard InChI is InChI=1S/C20H31NO4S/c1-20(16-7-14-6-15(9-16)10-17(20)8-14)25-19(23)21-4-2-13(3-5-21)11-18(22)24-12-26/h13-17,26H,2-12H2,1H3. The Labute approximate surface area is 161 Å². The molecule has 1 saturated heterocycles. The second-order valence-corrected chi connectivity index (χ2v) is 9.39. The summed E-state index contributed by atoms with van der Waals surface area (Å²) >= 11 is 3.91. The molecule has 0 aromatic rings. The van der Waals surface area contributed by atoms with E-state index in [2.05, 4.69) is 19.6 Å². The summed E-state index contributed by atoms with van der Waals surface area (Å²) in [4.78, 5) is 26.3. The second kappa shape index (κ2) is 7.25. The van der Waals surface area contributed by atoms with Gasteiger partial charge in [-0.15, -0.1) is 12.6 Å². The van der Waals surface area contributed by atoms with E-state index < -0.39 is 0 Å².